The van der Waals surface area contributed by atoms with Gasteiger partial charge in [0.2, 0.25) is 5.95 Å². The molecule has 0 aliphatic heterocycles. The van der Waals surface area contributed by atoms with Crippen molar-refractivity contribution in [2.24, 2.45) is 0 Å². The highest BCUT2D eigenvalue weighted by Gasteiger charge is 2.21. The summed E-state index contributed by atoms with van der Waals surface area (Å²) >= 11 is 0. The number of aryl methyl sites for hydroxylation is 2. The van der Waals surface area contributed by atoms with Crippen LogP contribution in [0.2, 0.25) is 0 Å². The van der Waals surface area contributed by atoms with Crippen LogP contribution in [0.15, 0.2) is 54.6 Å². The molecule has 2 aromatic carbocycles. The Bertz CT molecular complexity index is 1000. The lowest BCUT2D eigenvalue weighted by atomic mass is 10.2. The van der Waals surface area contributed by atoms with Crippen LogP contribution < -0.4 is 10.1 Å². The van der Waals surface area contributed by atoms with Gasteiger partial charge in [0.1, 0.15) is 11.3 Å². The zero-order chi connectivity index (χ0) is 19.4. The van der Waals surface area contributed by atoms with E-state index < -0.39 is 10.9 Å². The standard InChI is InChI=1S/C19H16N4O4/c1-12-10-13(2)21-19(20-12)22-14-6-5-7-15(11-14)27-18(24)16-8-3-4-9-17(16)23(25)26/h3-11H,1-2H3,(H,20,21,22). The molecule has 0 amide bonds. The maximum absolute atomic E-state index is 12.3. The number of carbonyl (C=O) groups is 1. The first-order valence-electron chi connectivity index (χ1n) is 8.07. The predicted octanol–water partition coefficient (Wildman–Crippen LogP) is 3.96. The quantitative estimate of drug-likeness (QED) is 0.316. The Morgan fingerprint density at radius 3 is 2.44 bits per heavy atom. The van der Waals surface area contributed by atoms with Gasteiger partial charge in [0, 0.05) is 29.2 Å². The Balaban J connectivity index is 1.80. The Labute approximate surface area is 155 Å². The second-order valence-corrected chi connectivity index (χ2v) is 5.79. The summed E-state index contributed by atoms with van der Waals surface area (Å²) in [5.41, 5.74) is 1.85. The molecule has 3 aromatic rings. The first-order chi connectivity index (χ1) is 12.9. The number of carbonyl (C=O) groups excluding carboxylic acids is 1. The number of nitro groups is 1. The Morgan fingerprint density at radius 1 is 1.04 bits per heavy atom. The van der Waals surface area contributed by atoms with Crippen molar-refractivity contribution in [3.63, 3.8) is 0 Å². The molecule has 0 atom stereocenters. The lowest BCUT2D eigenvalue weighted by molar-refractivity contribution is -0.385. The molecule has 0 saturated heterocycles. The Kier molecular flexibility index (Phi) is 5.07. The maximum atomic E-state index is 12.3. The monoisotopic (exact) mass is 364 g/mol. The second kappa shape index (κ2) is 7.61. The molecule has 0 unspecified atom stereocenters. The van der Waals surface area contributed by atoms with Crippen molar-refractivity contribution in [2.75, 3.05) is 5.32 Å². The second-order valence-electron chi connectivity index (χ2n) is 5.79. The van der Waals surface area contributed by atoms with Gasteiger partial charge >= 0.3 is 5.97 Å². The number of hydrogen-bond donors (Lipinski definition) is 1. The molecular formula is C19H16N4O4. The van der Waals surface area contributed by atoms with E-state index in [2.05, 4.69) is 15.3 Å². The molecule has 0 bridgehead atoms. The minimum Gasteiger partial charge on any atom is -0.423 e. The number of nitro benzene ring substituents is 1. The van der Waals surface area contributed by atoms with Gasteiger partial charge in [-0.25, -0.2) is 14.8 Å². The van der Waals surface area contributed by atoms with Crippen LogP contribution in [0, 0.1) is 24.0 Å². The zero-order valence-corrected chi connectivity index (χ0v) is 14.7. The Morgan fingerprint density at radius 2 is 1.74 bits per heavy atom. The number of nitrogens with zero attached hydrogens (tertiary/aromatic N) is 3. The van der Waals surface area contributed by atoms with Crippen molar-refractivity contribution in [1.82, 2.24) is 9.97 Å². The highest BCUT2D eigenvalue weighted by atomic mass is 16.6. The van der Waals surface area contributed by atoms with Gasteiger partial charge in [0.05, 0.1) is 4.92 Å². The van der Waals surface area contributed by atoms with E-state index in [9.17, 15) is 14.9 Å². The molecule has 0 radical (unpaired) electrons. The molecule has 1 heterocycles. The highest BCUT2D eigenvalue weighted by Crippen LogP contribution is 2.23. The summed E-state index contributed by atoms with van der Waals surface area (Å²) < 4.78 is 5.29. The van der Waals surface area contributed by atoms with Crippen molar-refractivity contribution < 1.29 is 14.5 Å². The fourth-order valence-corrected chi connectivity index (χ4v) is 2.52. The van der Waals surface area contributed by atoms with Crippen LogP contribution >= 0.6 is 0 Å². The van der Waals surface area contributed by atoms with Gasteiger partial charge in [0.25, 0.3) is 5.69 Å². The number of aromatic nitrogens is 2. The number of benzene rings is 2. The number of para-hydroxylation sites is 1. The van der Waals surface area contributed by atoms with Crippen molar-refractivity contribution in [2.45, 2.75) is 13.8 Å². The van der Waals surface area contributed by atoms with Crippen LogP contribution in [0.5, 0.6) is 5.75 Å². The maximum Gasteiger partial charge on any atom is 0.350 e. The molecule has 0 fully saturated rings. The smallest absolute Gasteiger partial charge is 0.350 e. The third-order valence-electron chi connectivity index (χ3n) is 3.60. The van der Waals surface area contributed by atoms with Crippen LogP contribution in [-0.2, 0) is 0 Å². The largest absolute Gasteiger partial charge is 0.423 e. The van der Waals surface area contributed by atoms with E-state index >= 15 is 0 Å². The van der Waals surface area contributed by atoms with Crippen molar-refractivity contribution >= 4 is 23.3 Å². The van der Waals surface area contributed by atoms with Crippen LogP contribution in [0.25, 0.3) is 0 Å². The molecule has 0 aliphatic rings. The van der Waals surface area contributed by atoms with Gasteiger partial charge in [-0.3, -0.25) is 10.1 Å². The SMILES string of the molecule is Cc1cc(C)nc(Nc2cccc(OC(=O)c3ccccc3[N+](=O)[O-])c2)n1. The molecule has 136 valence electrons. The van der Waals surface area contributed by atoms with Crippen molar-refractivity contribution in [3.8, 4) is 5.75 Å². The molecule has 3 rings (SSSR count). The number of hydrogen-bond acceptors (Lipinski definition) is 7. The topological polar surface area (TPSA) is 107 Å². The third-order valence-corrected chi connectivity index (χ3v) is 3.60. The molecule has 8 nitrogen and oxygen atoms in total. The summed E-state index contributed by atoms with van der Waals surface area (Å²) in [6.45, 7) is 3.73. The Hall–Kier alpha value is -3.81. The number of nitrogens with one attached hydrogen (secondary N) is 1. The highest BCUT2D eigenvalue weighted by molar-refractivity contribution is 5.95. The summed E-state index contributed by atoms with van der Waals surface area (Å²) in [6, 6.07) is 14.1. The van der Waals surface area contributed by atoms with Gasteiger partial charge in [-0.2, -0.15) is 0 Å². The fraction of sp³-hybridized carbons (Fsp3) is 0.105. The molecule has 27 heavy (non-hydrogen) atoms. The third kappa shape index (κ3) is 4.43. The van der Waals surface area contributed by atoms with Crippen LogP contribution in [0.1, 0.15) is 21.7 Å². The molecule has 0 aliphatic carbocycles. The minimum absolute atomic E-state index is 0.112. The van der Waals surface area contributed by atoms with E-state index in [1.165, 1.54) is 18.2 Å². The van der Waals surface area contributed by atoms with Crippen molar-refractivity contribution in [1.29, 1.82) is 0 Å². The number of esters is 1. The molecule has 1 aromatic heterocycles. The van der Waals surface area contributed by atoms with Gasteiger partial charge < -0.3 is 10.1 Å². The lowest BCUT2D eigenvalue weighted by Crippen LogP contribution is -2.11. The van der Waals surface area contributed by atoms with Gasteiger partial charge in [-0.1, -0.05) is 18.2 Å². The summed E-state index contributed by atoms with van der Waals surface area (Å²) in [6.07, 6.45) is 0. The van der Waals surface area contributed by atoms with Gasteiger partial charge in [0.15, 0.2) is 0 Å². The van der Waals surface area contributed by atoms with Crippen LogP contribution in [-0.4, -0.2) is 20.9 Å². The van der Waals surface area contributed by atoms with Crippen LogP contribution in [0.3, 0.4) is 0 Å². The van der Waals surface area contributed by atoms with Gasteiger partial charge in [-0.15, -0.1) is 0 Å². The normalized spacial score (nSPS) is 10.3. The molecule has 0 spiro atoms. The molecule has 1 N–H and O–H groups in total. The first kappa shape index (κ1) is 18.0. The zero-order valence-electron chi connectivity index (χ0n) is 14.7. The average molecular weight is 364 g/mol. The summed E-state index contributed by atoms with van der Waals surface area (Å²) in [4.78, 5) is 31.4. The minimum atomic E-state index is -0.804. The van der Waals surface area contributed by atoms with Crippen LogP contribution in [0.4, 0.5) is 17.3 Å². The van der Waals surface area contributed by atoms with E-state index in [0.717, 1.165) is 11.4 Å². The molecule has 8 heteroatoms. The first-order valence-corrected chi connectivity index (χ1v) is 8.07. The molecule has 0 saturated carbocycles. The molecular weight excluding hydrogens is 348 g/mol. The number of ether oxygens (including phenoxy) is 1. The van der Waals surface area contributed by atoms with E-state index in [0.29, 0.717) is 11.6 Å². The average Bonchev–Trinajstić information content (AvgIpc) is 2.61. The van der Waals surface area contributed by atoms with E-state index in [4.69, 9.17) is 4.74 Å². The summed E-state index contributed by atoms with van der Waals surface area (Å²) in [7, 11) is 0. The van der Waals surface area contributed by atoms with Crippen molar-refractivity contribution in [3.05, 3.63) is 81.7 Å². The van der Waals surface area contributed by atoms with E-state index in [-0.39, 0.29) is 17.0 Å². The summed E-state index contributed by atoms with van der Waals surface area (Å²) in [5.74, 6) is -0.135. The fourth-order valence-electron chi connectivity index (χ4n) is 2.52. The van der Waals surface area contributed by atoms with Gasteiger partial charge in [-0.05, 0) is 38.1 Å². The number of anilines is 2. The summed E-state index contributed by atoms with van der Waals surface area (Å²) in [5, 5.41) is 14.1. The lowest BCUT2D eigenvalue weighted by Gasteiger charge is -2.09. The predicted molar refractivity (Wildman–Crippen MR) is 99.3 cm³/mol. The van der Waals surface area contributed by atoms with E-state index in [1.807, 2.05) is 19.9 Å². The van der Waals surface area contributed by atoms with E-state index in [1.54, 1.807) is 30.3 Å². The number of rotatable bonds is 5.